The minimum atomic E-state index is -4.49. The summed E-state index contributed by atoms with van der Waals surface area (Å²) in [4.78, 5) is 23.8. The Kier molecular flexibility index (Phi) is 8.05. The summed E-state index contributed by atoms with van der Waals surface area (Å²) in [5, 5.41) is 9.21. The second-order valence-corrected chi connectivity index (χ2v) is 11.3. The van der Waals surface area contributed by atoms with Crippen molar-refractivity contribution in [2.75, 3.05) is 23.3 Å². The molecule has 5 aromatic rings. The molecule has 0 atom stereocenters. The first-order valence-electron chi connectivity index (χ1n) is 13.5. The zero-order valence-electron chi connectivity index (χ0n) is 22.7. The average molecular weight is 620 g/mol. The van der Waals surface area contributed by atoms with Crippen LogP contribution in [0, 0.1) is 0 Å². The van der Waals surface area contributed by atoms with E-state index in [0.29, 0.717) is 36.7 Å². The van der Waals surface area contributed by atoms with E-state index in [1.807, 2.05) is 58.8 Å². The molecule has 0 radical (unpaired) electrons. The standard InChI is InChI=1S/C32H25ClF3N5OS/c33-25-10-11-27(32(34,35)36)24(14-25)18-41-13-12-37-29-28(41)15-23(16-38-29)20-6-8-21(9-7-20)30(42)39-17-26-19-43-31(40-26)22-4-2-1-3-5-22/h1-11,14-16,19H,12-13,17-18H2,(H,37,38)(H,39,42). The molecule has 6 rings (SSSR count). The second-order valence-electron chi connectivity index (χ2n) is 10.0. The van der Waals surface area contributed by atoms with E-state index in [0.717, 1.165) is 33.5 Å². The Labute approximate surface area is 255 Å². The molecule has 0 saturated carbocycles. The minimum Gasteiger partial charge on any atom is -0.367 e. The van der Waals surface area contributed by atoms with E-state index in [4.69, 9.17) is 11.6 Å². The number of aromatic nitrogens is 2. The number of pyridine rings is 1. The van der Waals surface area contributed by atoms with E-state index in [-0.39, 0.29) is 23.0 Å². The smallest absolute Gasteiger partial charge is 0.367 e. The first-order valence-corrected chi connectivity index (χ1v) is 14.7. The Morgan fingerprint density at radius 1 is 1.00 bits per heavy atom. The molecular weight excluding hydrogens is 595 g/mol. The molecule has 43 heavy (non-hydrogen) atoms. The number of amides is 1. The molecule has 1 aliphatic rings. The lowest BCUT2D eigenvalue weighted by Gasteiger charge is -2.32. The summed E-state index contributed by atoms with van der Waals surface area (Å²) in [6.07, 6.45) is -2.78. The number of nitrogens with one attached hydrogen (secondary N) is 2. The first-order chi connectivity index (χ1) is 20.7. The van der Waals surface area contributed by atoms with Crippen molar-refractivity contribution in [1.29, 1.82) is 0 Å². The van der Waals surface area contributed by atoms with Gasteiger partial charge in [0.05, 0.1) is 23.5 Å². The van der Waals surface area contributed by atoms with Crippen molar-refractivity contribution in [3.63, 3.8) is 0 Å². The van der Waals surface area contributed by atoms with Crippen LogP contribution in [0.15, 0.2) is 90.4 Å². The van der Waals surface area contributed by atoms with Gasteiger partial charge in [0.2, 0.25) is 0 Å². The number of benzene rings is 3. The lowest BCUT2D eigenvalue weighted by molar-refractivity contribution is -0.138. The fraction of sp³-hybridized carbons (Fsp3) is 0.156. The highest BCUT2D eigenvalue weighted by Crippen LogP contribution is 2.37. The largest absolute Gasteiger partial charge is 0.416 e. The van der Waals surface area contributed by atoms with Crippen molar-refractivity contribution in [2.45, 2.75) is 19.3 Å². The Morgan fingerprint density at radius 3 is 2.56 bits per heavy atom. The van der Waals surface area contributed by atoms with Gasteiger partial charge in [0, 0.05) is 52.9 Å². The summed E-state index contributed by atoms with van der Waals surface area (Å²) in [7, 11) is 0. The van der Waals surface area contributed by atoms with Gasteiger partial charge in [-0.25, -0.2) is 9.97 Å². The van der Waals surface area contributed by atoms with Gasteiger partial charge in [-0.1, -0.05) is 54.1 Å². The lowest BCUT2D eigenvalue weighted by atomic mass is 10.0. The molecule has 3 aromatic carbocycles. The summed E-state index contributed by atoms with van der Waals surface area (Å²) in [5.41, 5.74) is 4.00. The fourth-order valence-electron chi connectivity index (χ4n) is 4.95. The van der Waals surface area contributed by atoms with E-state index in [1.54, 1.807) is 18.3 Å². The maximum absolute atomic E-state index is 13.7. The number of thiazole rings is 1. The molecule has 0 unspecified atom stereocenters. The van der Waals surface area contributed by atoms with Crippen LogP contribution in [0.3, 0.4) is 0 Å². The van der Waals surface area contributed by atoms with E-state index in [2.05, 4.69) is 20.6 Å². The fourth-order valence-corrected chi connectivity index (χ4v) is 5.97. The zero-order valence-corrected chi connectivity index (χ0v) is 24.2. The average Bonchev–Trinajstić information content (AvgIpc) is 3.49. The van der Waals surface area contributed by atoms with Crippen LogP contribution in [-0.2, 0) is 19.3 Å². The molecule has 3 heterocycles. The summed E-state index contributed by atoms with van der Waals surface area (Å²) < 4.78 is 41.1. The number of halogens is 4. The number of anilines is 2. The molecule has 2 aromatic heterocycles. The Morgan fingerprint density at radius 2 is 1.79 bits per heavy atom. The van der Waals surface area contributed by atoms with E-state index < -0.39 is 11.7 Å². The van der Waals surface area contributed by atoms with E-state index in [1.165, 1.54) is 23.5 Å². The summed E-state index contributed by atoms with van der Waals surface area (Å²) >= 11 is 7.59. The maximum Gasteiger partial charge on any atom is 0.416 e. The third kappa shape index (κ3) is 6.50. The third-order valence-electron chi connectivity index (χ3n) is 7.10. The highest BCUT2D eigenvalue weighted by Gasteiger charge is 2.34. The topological polar surface area (TPSA) is 70.2 Å². The molecule has 0 spiro atoms. The molecule has 0 bridgehead atoms. The summed E-state index contributed by atoms with van der Waals surface area (Å²) in [5.74, 6) is 0.376. The first kappa shape index (κ1) is 28.7. The quantitative estimate of drug-likeness (QED) is 0.194. The van der Waals surface area contributed by atoms with Gasteiger partial charge >= 0.3 is 6.18 Å². The number of fused-ring (bicyclic) bond motifs is 1. The van der Waals surface area contributed by atoms with Gasteiger partial charge in [0.15, 0.2) is 0 Å². The van der Waals surface area contributed by atoms with Crippen LogP contribution in [0.25, 0.3) is 21.7 Å². The second kappa shape index (κ2) is 12.1. The number of carbonyl (C=O) groups excluding carboxylic acids is 1. The molecule has 1 aliphatic heterocycles. The highest BCUT2D eigenvalue weighted by molar-refractivity contribution is 7.13. The van der Waals surface area contributed by atoms with Gasteiger partial charge in [0.25, 0.3) is 5.91 Å². The molecule has 0 saturated heterocycles. The van der Waals surface area contributed by atoms with Crippen LogP contribution >= 0.6 is 22.9 Å². The molecule has 1 amide bonds. The van der Waals surface area contributed by atoms with Crippen molar-refractivity contribution in [3.8, 4) is 21.7 Å². The predicted octanol–water partition coefficient (Wildman–Crippen LogP) is 7.91. The molecule has 218 valence electrons. The lowest BCUT2D eigenvalue weighted by Crippen LogP contribution is -2.34. The minimum absolute atomic E-state index is 0.0279. The van der Waals surface area contributed by atoms with Crippen LogP contribution in [0.1, 0.15) is 27.2 Å². The van der Waals surface area contributed by atoms with Crippen LogP contribution in [0.4, 0.5) is 24.7 Å². The molecule has 0 aliphatic carbocycles. The zero-order chi connectivity index (χ0) is 30.0. The monoisotopic (exact) mass is 619 g/mol. The Bertz CT molecular complexity index is 1760. The number of hydrogen-bond acceptors (Lipinski definition) is 6. The molecule has 0 fully saturated rings. The third-order valence-corrected chi connectivity index (χ3v) is 8.27. The van der Waals surface area contributed by atoms with Crippen molar-refractivity contribution in [2.24, 2.45) is 0 Å². The number of hydrogen-bond donors (Lipinski definition) is 2. The number of alkyl halides is 3. The normalized spacial score (nSPS) is 12.9. The van der Waals surface area contributed by atoms with Gasteiger partial charge in [0.1, 0.15) is 10.8 Å². The van der Waals surface area contributed by atoms with Gasteiger partial charge in [-0.05, 0) is 47.5 Å². The van der Waals surface area contributed by atoms with Crippen LogP contribution < -0.4 is 15.5 Å². The molecular formula is C32H25ClF3N5OS. The van der Waals surface area contributed by atoms with Crippen LogP contribution in [-0.4, -0.2) is 29.0 Å². The van der Waals surface area contributed by atoms with Crippen molar-refractivity contribution in [3.05, 3.63) is 118 Å². The summed E-state index contributed by atoms with van der Waals surface area (Å²) in [6, 6.07) is 22.5. The van der Waals surface area contributed by atoms with Gasteiger partial charge in [-0.15, -0.1) is 11.3 Å². The highest BCUT2D eigenvalue weighted by atomic mass is 35.5. The predicted molar refractivity (Wildman–Crippen MR) is 164 cm³/mol. The van der Waals surface area contributed by atoms with E-state index >= 15 is 0 Å². The Hall–Kier alpha value is -4.41. The van der Waals surface area contributed by atoms with Crippen LogP contribution in [0.2, 0.25) is 5.02 Å². The van der Waals surface area contributed by atoms with Gasteiger partial charge < -0.3 is 15.5 Å². The summed E-state index contributed by atoms with van der Waals surface area (Å²) in [6.45, 7) is 1.37. The van der Waals surface area contributed by atoms with Gasteiger partial charge in [-0.3, -0.25) is 4.79 Å². The van der Waals surface area contributed by atoms with Crippen LogP contribution in [0.5, 0.6) is 0 Å². The van der Waals surface area contributed by atoms with Crippen molar-refractivity contribution < 1.29 is 18.0 Å². The van der Waals surface area contributed by atoms with E-state index in [9.17, 15) is 18.0 Å². The van der Waals surface area contributed by atoms with Crippen molar-refractivity contribution >= 4 is 40.4 Å². The maximum atomic E-state index is 13.7. The number of nitrogens with zero attached hydrogens (tertiary/aromatic N) is 3. The van der Waals surface area contributed by atoms with Gasteiger partial charge in [-0.2, -0.15) is 13.2 Å². The molecule has 2 N–H and O–H groups in total. The molecule has 11 heteroatoms. The van der Waals surface area contributed by atoms with Crippen molar-refractivity contribution in [1.82, 2.24) is 15.3 Å². The Balaban J connectivity index is 1.16. The number of carbonyl (C=O) groups is 1. The SMILES string of the molecule is O=C(NCc1csc(-c2ccccc2)n1)c1ccc(-c2cnc3c(c2)N(Cc2cc(Cl)ccc2C(F)(F)F)CCN3)cc1. The number of rotatable bonds is 7. The molecule has 6 nitrogen and oxygen atoms in total.